The fraction of sp³-hybridized carbons (Fsp3) is 0.611. The number of carbonyl (C=O) groups is 1. The van der Waals surface area contributed by atoms with Crippen LogP contribution in [0.5, 0.6) is 5.75 Å². The van der Waals surface area contributed by atoms with E-state index in [4.69, 9.17) is 4.74 Å². The smallest absolute Gasteiger partial charge is 0.142 e. The Kier molecular flexibility index (Phi) is 4.05. The van der Waals surface area contributed by atoms with E-state index in [0.717, 1.165) is 11.4 Å². The van der Waals surface area contributed by atoms with Crippen LogP contribution in [0.3, 0.4) is 0 Å². The number of para-hydroxylation sites is 2. The zero-order chi connectivity index (χ0) is 15.8. The molecule has 0 aliphatic carbocycles. The van der Waals surface area contributed by atoms with Crippen molar-refractivity contribution in [1.29, 1.82) is 0 Å². The molecule has 21 heavy (non-hydrogen) atoms. The van der Waals surface area contributed by atoms with Crippen LogP contribution >= 0.6 is 0 Å². The lowest BCUT2D eigenvalue weighted by Crippen LogP contribution is -2.54. The van der Waals surface area contributed by atoms with Gasteiger partial charge < -0.3 is 9.64 Å². The van der Waals surface area contributed by atoms with Crippen LogP contribution in [0.15, 0.2) is 24.3 Å². The lowest BCUT2D eigenvalue weighted by atomic mass is 9.85. The van der Waals surface area contributed by atoms with Crippen molar-refractivity contribution in [3.8, 4) is 5.75 Å². The molecule has 0 aromatic heterocycles. The number of benzene rings is 1. The van der Waals surface area contributed by atoms with Crippen LogP contribution in [0.1, 0.15) is 48.0 Å². The first kappa shape index (κ1) is 15.9. The lowest BCUT2D eigenvalue weighted by molar-refractivity contribution is -0.126. The normalized spacial score (nSPS) is 19.0. The summed E-state index contributed by atoms with van der Waals surface area (Å²) in [7, 11) is 0. The second kappa shape index (κ2) is 5.36. The Morgan fingerprint density at radius 1 is 1.19 bits per heavy atom. The summed E-state index contributed by atoms with van der Waals surface area (Å²) in [6.45, 7) is 13.1. The zero-order valence-electron chi connectivity index (χ0n) is 14.1. The first-order valence-electron chi connectivity index (χ1n) is 7.65. The van der Waals surface area contributed by atoms with Crippen LogP contribution in [0.4, 0.5) is 5.69 Å². The standard InChI is InChI=1S/C18H27NO2/c1-17(2,3)16(20)11-13-12-21-15-10-8-7-9-14(15)19(13)18(4,5)6/h7-10,13H,11-12H2,1-6H3. The molecule has 0 fully saturated rings. The number of Topliss-reactive ketones (excluding diaryl/α,β-unsaturated/α-hetero) is 1. The summed E-state index contributed by atoms with van der Waals surface area (Å²) in [5, 5.41) is 0. The second-order valence-corrected chi connectivity index (χ2v) is 7.85. The average molecular weight is 289 g/mol. The molecule has 1 atom stereocenters. The van der Waals surface area contributed by atoms with Crippen molar-refractivity contribution in [1.82, 2.24) is 0 Å². The van der Waals surface area contributed by atoms with Gasteiger partial charge in [0.2, 0.25) is 0 Å². The number of carbonyl (C=O) groups excluding carboxylic acids is 1. The predicted molar refractivity (Wildman–Crippen MR) is 87.0 cm³/mol. The molecular weight excluding hydrogens is 262 g/mol. The summed E-state index contributed by atoms with van der Waals surface area (Å²) < 4.78 is 5.88. The van der Waals surface area contributed by atoms with Crippen LogP contribution in [-0.4, -0.2) is 24.0 Å². The Morgan fingerprint density at radius 3 is 2.38 bits per heavy atom. The molecule has 0 amide bonds. The minimum absolute atomic E-state index is 0.0529. The summed E-state index contributed by atoms with van der Waals surface area (Å²) >= 11 is 0. The van der Waals surface area contributed by atoms with Gasteiger partial charge in [-0.05, 0) is 32.9 Å². The Labute approximate surface area is 128 Å². The number of ketones is 1. The number of rotatable bonds is 2. The van der Waals surface area contributed by atoms with Crippen LogP contribution in [0.25, 0.3) is 0 Å². The van der Waals surface area contributed by atoms with Gasteiger partial charge in [0, 0.05) is 17.4 Å². The summed E-state index contributed by atoms with van der Waals surface area (Å²) in [4.78, 5) is 14.8. The predicted octanol–water partition coefficient (Wildman–Crippen LogP) is 4.06. The highest BCUT2D eigenvalue weighted by molar-refractivity contribution is 5.85. The molecule has 1 aliphatic heterocycles. The molecule has 3 nitrogen and oxygen atoms in total. The number of hydrogen-bond donors (Lipinski definition) is 0. The Bertz CT molecular complexity index is 523. The molecule has 1 aromatic carbocycles. The third kappa shape index (κ3) is 3.39. The molecule has 1 aromatic rings. The van der Waals surface area contributed by atoms with E-state index in [-0.39, 0.29) is 22.8 Å². The highest BCUT2D eigenvalue weighted by Crippen LogP contribution is 2.39. The SMILES string of the molecule is CC(C)(C)C(=O)CC1COc2ccccc2N1C(C)(C)C. The summed E-state index contributed by atoms with van der Waals surface area (Å²) in [6, 6.07) is 8.17. The molecule has 116 valence electrons. The Morgan fingerprint density at radius 2 is 1.81 bits per heavy atom. The van der Waals surface area contributed by atoms with Gasteiger partial charge >= 0.3 is 0 Å². The molecule has 0 N–H and O–H groups in total. The molecule has 1 aliphatic rings. The van der Waals surface area contributed by atoms with E-state index in [1.807, 2.05) is 39.0 Å². The lowest BCUT2D eigenvalue weighted by Gasteiger charge is -2.47. The van der Waals surface area contributed by atoms with Gasteiger partial charge in [-0.1, -0.05) is 32.9 Å². The van der Waals surface area contributed by atoms with Crippen LogP contribution < -0.4 is 9.64 Å². The van der Waals surface area contributed by atoms with Crippen molar-refractivity contribution >= 4 is 11.5 Å². The fourth-order valence-corrected chi connectivity index (χ4v) is 2.81. The zero-order valence-corrected chi connectivity index (χ0v) is 14.1. The molecule has 0 radical (unpaired) electrons. The summed E-state index contributed by atoms with van der Waals surface area (Å²) in [5.74, 6) is 1.19. The van der Waals surface area contributed by atoms with E-state index >= 15 is 0 Å². The molecule has 0 bridgehead atoms. The van der Waals surface area contributed by atoms with Crippen LogP contribution in [0.2, 0.25) is 0 Å². The van der Waals surface area contributed by atoms with Crippen molar-refractivity contribution in [2.45, 2.75) is 59.5 Å². The first-order chi connectivity index (χ1) is 9.60. The topological polar surface area (TPSA) is 29.5 Å². The quantitative estimate of drug-likeness (QED) is 0.822. The highest BCUT2D eigenvalue weighted by atomic mass is 16.5. The minimum atomic E-state index is -0.305. The van der Waals surface area contributed by atoms with Gasteiger partial charge in [0.05, 0.1) is 11.7 Å². The maximum atomic E-state index is 12.4. The van der Waals surface area contributed by atoms with Gasteiger partial charge in [0.25, 0.3) is 0 Å². The van der Waals surface area contributed by atoms with Crippen molar-refractivity contribution < 1.29 is 9.53 Å². The molecule has 0 spiro atoms. The third-order valence-corrected chi connectivity index (χ3v) is 3.90. The van der Waals surface area contributed by atoms with Gasteiger partial charge in [0.15, 0.2) is 0 Å². The van der Waals surface area contributed by atoms with E-state index in [1.54, 1.807) is 0 Å². The van der Waals surface area contributed by atoms with Crippen molar-refractivity contribution in [2.75, 3.05) is 11.5 Å². The molecule has 0 saturated carbocycles. The largest absolute Gasteiger partial charge is 0.489 e. The number of fused-ring (bicyclic) bond motifs is 1. The average Bonchev–Trinajstić information content (AvgIpc) is 2.35. The Balaban J connectivity index is 2.33. The molecule has 1 heterocycles. The first-order valence-corrected chi connectivity index (χ1v) is 7.65. The van der Waals surface area contributed by atoms with E-state index in [1.165, 1.54) is 0 Å². The van der Waals surface area contributed by atoms with Gasteiger partial charge in [-0.3, -0.25) is 4.79 Å². The van der Waals surface area contributed by atoms with Gasteiger partial charge in [-0.25, -0.2) is 0 Å². The number of nitrogens with zero attached hydrogens (tertiary/aromatic N) is 1. The summed E-state index contributed by atoms with van der Waals surface area (Å²) in [6.07, 6.45) is 0.523. The number of anilines is 1. The monoisotopic (exact) mass is 289 g/mol. The van der Waals surface area contributed by atoms with Crippen molar-refractivity contribution in [2.24, 2.45) is 5.41 Å². The summed E-state index contributed by atoms with van der Waals surface area (Å²) in [5.41, 5.74) is 0.728. The highest BCUT2D eigenvalue weighted by Gasteiger charge is 2.37. The molecule has 3 heteroatoms. The maximum Gasteiger partial charge on any atom is 0.142 e. The van der Waals surface area contributed by atoms with Crippen LogP contribution in [-0.2, 0) is 4.79 Å². The van der Waals surface area contributed by atoms with Crippen LogP contribution in [0, 0.1) is 5.41 Å². The van der Waals surface area contributed by atoms with E-state index in [0.29, 0.717) is 13.0 Å². The number of hydrogen-bond acceptors (Lipinski definition) is 3. The Hall–Kier alpha value is -1.51. The third-order valence-electron chi connectivity index (χ3n) is 3.90. The molecule has 0 saturated heterocycles. The number of ether oxygens (including phenoxy) is 1. The fourth-order valence-electron chi connectivity index (χ4n) is 2.81. The molecule has 2 rings (SSSR count). The van der Waals surface area contributed by atoms with Gasteiger partial charge in [-0.2, -0.15) is 0 Å². The minimum Gasteiger partial charge on any atom is -0.489 e. The van der Waals surface area contributed by atoms with E-state index < -0.39 is 0 Å². The second-order valence-electron chi connectivity index (χ2n) is 7.85. The molecular formula is C18H27NO2. The molecule has 1 unspecified atom stereocenters. The van der Waals surface area contributed by atoms with Gasteiger partial charge in [0.1, 0.15) is 18.1 Å². The van der Waals surface area contributed by atoms with Crippen molar-refractivity contribution in [3.05, 3.63) is 24.3 Å². The van der Waals surface area contributed by atoms with Gasteiger partial charge in [-0.15, -0.1) is 0 Å². The maximum absolute atomic E-state index is 12.4. The van der Waals surface area contributed by atoms with E-state index in [2.05, 4.69) is 31.7 Å². The van der Waals surface area contributed by atoms with E-state index in [9.17, 15) is 4.79 Å². The van der Waals surface area contributed by atoms with Crippen molar-refractivity contribution in [3.63, 3.8) is 0 Å².